The number of hydrogen-bond acceptors (Lipinski definition) is 3. The molecule has 1 saturated heterocycles. The summed E-state index contributed by atoms with van der Waals surface area (Å²) in [5.41, 5.74) is -1.46. The summed E-state index contributed by atoms with van der Waals surface area (Å²) in [6, 6.07) is 0. The maximum atomic E-state index is 11.9. The summed E-state index contributed by atoms with van der Waals surface area (Å²) < 4.78 is 40.8. The van der Waals surface area contributed by atoms with Gasteiger partial charge in [0.25, 0.3) is 0 Å². The van der Waals surface area contributed by atoms with E-state index >= 15 is 0 Å². The van der Waals surface area contributed by atoms with E-state index in [0.29, 0.717) is 13.0 Å². The molecule has 1 aliphatic heterocycles. The minimum Gasteiger partial charge on any atom is -0.481 e. The van der Waals surface area contributed by atoms with E-state index in [1.807, 2.05) is 0 Å². The van der Waals surface area contributed by atoms with E-state index in [9.17, 15) is 22.8 Å². The SMILES string of the molecule is O=C(NCC1(C(=O)O)CCCOC1)C(F)(F)F. The predicted molar refractivity (Wildman–Crippen MR) is 49.2 cm³/mol. The Bertz CT molecular complexity index is 310. The first-order valence-corrected chi connectivity index (χ1v) is 4.94. The van der Waals surface area contributed by atoms with E-state index < -0.39 is 30.0 Å². The number of carbonyl (C=O) groups is 2. The highest BCUT2D eigenvalue weighted by Gasteiger charge is 2.44. The Morgan fingerprint density at radius 3 is 2.47 bits per heavy atom. The molecule has 0 aliphatic carbocycles. The number of aliphatic carboxylic acids is 1. The normalized spacial score (nSPS) is 25.4. The van der Waals surface area contributed by atoms with Crippen LogP contribution in [-0.2, 0) is 14.3 Å². The van der Waals surface area contributed by atoms with Crippen LogP contribution in [-0.4, -0.2) is 42.9 Å². The van der Waals surface area contributed by atoms with Crippen LogP contribution in [0.15, 0.2) is 0 Å². The minimum atomic E-state index is -5.00. The topological polar surface area (TPSA) is 75.6 Å². The van der Waals surface area contributed by atoms with Crippen LogP contribution >= 0.6 is 0 Å². The van der Waals surface area contributed by atoms with Crippen LogP contribution in [0.3, 0.4) is 0 Å². The van der Waals surface area contributed by atoms with Crippen LogP contribution in [0.2, 0.25) is 0 Å². The highest BCUT2D eigenvalue weighted by molar-refractivity contribution is 5.83. The molecule has 5 nitrogen and oxygen atoms in total. The fourth-order valence-corrected chi connectivity index (χ4v) is 1.59. The Balaban J connectivity index is 2.63. The van der Waals surface area contributed by atoms with Gasteiger partial charge in [-0.25, -0.2) is 0 Å². The van der Waals surface area contributed by atoms with Crippen LogP contribution < -0.4 is 5.32 Å². The first-order valence-electron chi connectivity index (χ1n) is 4.94. The van der Waals surface area contributed by atoms with Crippen LogP contribution in [0, 0.1) is 5.41 Å². The van der Waals surface area contributed by atoms with Crippen molar-refractivity contribution in [2.24, 2.45) is 5.41 Å². The van der Waals surface area contributed by atoms with Gasteiger partial charge in [0, 0.05) is 13.2 Å². The zero-order valence-electron chi connectivity index (χ0n) is 8.84. The second-order valence-electron chi connectivity index (χ2n) is 3.92. The standard InChI is InChI=1S/C9H12F3NO4/c10-9(11,12)6(14)13-4-8(7(15)16)2-1-3-17-5-8/h1-5H2,(H,13,14)(H,15,16). The second-order valence-corrected chi connectivity index (χ2v) is 3.92. The summed E-state index contributed by atoms with van der Waals surface area (Å²) in [5, 5.41) is 10.6. The van der Waals surface area contributed by atoms with E-state index in [1.165, 1.54) is 0 Å². The number of alkyl halides is 3. The fourth-order valence-electron chi connectivity index (χ4n) is 1.59. The smallest absolute Gasteiger partial charge is 0.471 e. The van der Waals surface area contributed by atoms with Crippen molar-refractivity contribution >= 4 is 11.9 Å². The van der Waals surface area contributed by atoms with Crippen molar-refractivity contribution < 1.29 is 32.6 Å². The molecule has 1 rings (SSSR count). The molecule has 1 aliphatic rings. The molecule has 0 radical (unpaired) electrons. The summed E-state index contributed by atoms with van der Waals surface area (Å²) in [6.07, 6.45) is -4.39. The first kappa shape index (κ1) is 13.8. The third-order valence-corrected chi connectivity index (χ3v) is 2.62. The lowest BCUT2D eigenvalue weighted by Gasteiger charge is -2.33. The molecule has 0 saturated carbocycles. The molecular formula is C9H12F3NO4. The van der Waals surface area contributed by atoms with Gasteiger partial charge < -0.3 is 15.2 Å². The van der Waals surface area contributed by atoms with Gasteiger partial charge >= 0.3 is 18.1 Å². The summed E-state index contributed by atoms with van der Waals surface area (Å²) >= 11 is 0. The number of hydrogen-bond donors (Lipinski definition) is 2. The maximum absolute atomic E-state index is 11.9. The number of ether oxygens (including phenoxy) is 1. The lowest BCUT2D eigenvalue weighted by molar-refractivity contribution is -0.175. The van der Waals surface area contributed by atoms with Crippen LogP contribution in [0.4, 0.5) is 13.2 Å². The number of halogens is 3. The quantitative estimate of drug-likeness (QED) is 0.772. The Morgan fingerprint density at radius 2 is 2.06 bits per heavy atom. The molecule has 0 spiro atoms. The van der Waals surface area contributed by atoms with Gasteiger partial charge in [0.2, 0.25) is 0 Å². The van der Waals surface area contributed by atoms with E-state index in [1.54, 1.807) is 5.32 Å². The number of amides is 1. The van der Waals surface area contributed by atoms with Crippen molar-refractivity contribution in [3.05, 3.63) is 0 Å². The molecule has 1 heterocycles. The van der Waals surface area contributed by atoms with Gasteiger partial charge in [0.1, 0.15) is 5.41 Å². The van der Waals surface area contributed by atoms with Crippen molar-refractivity contribution in [3.63, 3.8) is 0 Å². The zero-order valence-corrected chi connectivity index (χ0v) is 8.84. The number of carbonyl (C=O) groups excluding carboxylic acids is 1. The lowest BCUT2D eigenvalue weighted by atomic mass is 9.82. The number of carboxylic acids is 1. The van der Waals surface area contributed by atoms with Gasteiger partial charge in [-0.15, -0.1) is 0 Å². The first-order chi connectivity index (χ1) is 7.78. The summed E-state index contributed by atoms with van der Waals surface area (Å²) in [4.78, 5) is 21.6. The van der Waals surface area contributed by atoms with Crippen molar-refractivity contribution in [2.45, 2.75) is 19.0 Å². The molecule has 0 aromatic heterocycles. The summed E-state index contributed by atoms with van der Waals surface area (Å²) in [7, 11) is 0. The molecule has 0 aromatic rings. The highest BCUT2D eigenvalue weighted by atomic mass is 19.4. The lowest BCUT2D eigenvalue weighted by Crippen LogP contribution is -2.50. The van der Waals surface area contributed by atoms with E-state index in [2.05, 4.69) is 0 Å². The molecule has 0 bridgehead atoms. The Morgan fingerprint density at radius 1 is 1.41 bits per heavy atom. The molecule has 17 heavy (non-hydrogen) atoms. The molecule has 2 N–H and O–H groups in total. The van der Waals surface area contributed by atoms with Crippen LogP contribution in [0.5, 0.6) is 0 Å². The summed E-state index contributed by atoms with van der Waals surface area (Å²) in [6.45, 7) is -0.399. The third-order valence-electron chi connectivity index (χ3n) is 2.62. The molecule has 8 heteroatoms. The van der Waals surface area contributed by atoms with Crippen LogP contribution in [0.1, 0.15) is 12.8 Å². The van der Waals surface area contributed by atoms with Gasteiger partial charge in [-0.1, -0.05) is 0 Å². The minimum absolute atomic E-state index is 0.181. The van der Waals surface area contributed by atoms with E-state index in [-0.39, 0.29) is 13.0 Å². The predicted octanol–water partition coefficient (Wildman–Crippen LogP) is 0.546. The van der Waals surface area contributed by atoms with E-state index in [0.717, 1.165) is 0 Å². The molecule has 0 aromatic carbocycles. The van der Waals surface area contributed by atoms with Gasteiger partial charge in [0.15, 0.2) is 0 Å². The monoisotopic (exact) mass is 255 g/mol. The fraction of sp³-hybridized carbons (Fsp3) is 0.778. The van der Waals surface area contributed by atoms with Crippen molar-refractivity contribution in [2.75, 3.05) is 19.8 Å². The Kier molecular flexibility index (Phi) is 3.97. The Hall–Kier alpha value is -1.31. The van der Waals surface area contributed by atoms with Crippen molar-refractivity contribution in [3.8, 4) is 0 Å². The molecule has 1 fully saturated rings. The Labute approximate surface area is 94.9 Å². The van der Waals surface area contributed by atoms with Gasteiger partial charge in [-0.05, 0) is 12.8 Å². The average molecular weight is 255 g/mol. The van der Waals surface area contributed by atoms with Gasteiger partial charge in [-0.2, -0.15) is 13.2 Å². The van der Waals surface area contributed by atoms with E-state index in [4.69, 9.17) is 9.84 Å². The third kappa shape index (κ3) is 3.32. The number of rotatable bonds is 3. The second kappa shape index (κ2) is 4.91. The molecule has 98 valence electrons. The van der Waals surface area contributed by atoms with Crippen LogP contribution in [0.25, 0.3) is 0 Å². The molecule has 1 amide bonds. The zero-order chi connectivity index (χ0) is 13.1. The molecule has 1 atom stereocenters. The number of carboxylic acid groups (broad SMARTS) is 1. The highest BCUT2D eigenvalue weighted by Crippen LogP contribution is 2.28. The summed E-state index contributed by atoms with van der Waals surface area (Å²) in [5.74, 6) is -3.40. The average Bonchev–Trinajstić information content (AvgIpc) is 2.25. The molecular weight excluding hydrogens is 243 g/mol. The maximum Gasteiger partial charge on any atom is 0.471 e. The molecule has 1 unspecified atom stereocenters. The van der Waals surface area contributed by atoms with Gasteiger partial charge in [-0.3, -0.25) is 9.59 Å². The number of nitrogens with one attached hydrogen (secondary N) is 1. The van der Waals surface area contributed by atoms with Crippen molar-refractivity contribution in [1.29, 1.82) is 0 Å². The van der Waals surface area contributed by atoms with Crippen molar-refractivity contribution in [1.82, 2.24) is 5.32 Å². The largest absolute Gasteiger partial charge is 0.481 e. The van der Waals surface area contributed by atoms with Gasteiger partial charge in [0.05, 0.1) is 6.61 Å².